The fraction of sp³-hybridized carbons (Fsp3) is 0.348. The van der Waals surface area contributed by atoms with Crippen LogP contribution in [0.25, 0.3) is 0 Å². The highest BCUT2D eigenvalue weighted by molar-refractivity contribution is 6.00. The lowest BCUT2D eigenvalue weighted by molar-refractivity contribution is -0.116. The Bertz CT molecular complexity index is 886. The number of benzene rings is 2. The number of carbonyl (C=O) groups is 3. The van der Waals surface area contributed by atoms with E-state index in [2.05, 4.69) is 16.0 Å². The highest BCUT2D eigenvalue weighted by atomic mass is 16.6. The summed E-state index contributed by atoms with van der Waals surface area (Å²) in [7, 11) is 0. The van der Waals surface area contributed by atoms with E-state index in [0.717, 1.165) is 5.56 Å². The van der Waals surface area contributed by atoms with Crippen molar-refractivity contribution in [3.63, 3.8) is 0 Å². The maximum Gasteiger partial charge on any atom is 0.408 e. The number of hydrogen-bond donors (Lipinski definition) is 3. The molecule has 2 aromatic carbocycles. The van der Waals surface area contributed by atoms with Gasteiger partial charge in [-0.05, 0) is 51.8 Å². The van der Waals surface area contributed by atoms with Crippen LogP contribution >= 0.6 is 0 Å². The van der Waals surface area contributed by atoms with Crippen LogP contribution in [0.2, 0.25) is 0 Å². The summed E-state index contributed by atoms with van der Waals surface area (Å²) in [5.41, 5.74) is 2.57. The van der Waals surface area contributed by atoms with E-state index >= 15 is 0 Å². The van der Waals surface area contributed by atoms with Crippen LogP contribution < -0.4 is 16.0 Å². The molecule has 0 unspecified atom stereocenters. The van der Waals surface area contributed by atoms with Gasteiger partial charge in [-0.25, -0.2) is 4.79 Å². The van der Waals surface area contributed by atoms with E-state index in [1.165, 1.54) is 5.56 Å². The molecule has 160 valence electrons. The maximum absolute atomic E-state index is 12.3. The summed E-state index contributed by atoms with van der Waals surface area (Å²) >= 11 is 0. The van der Waals surface area contributed by atoms with Crippen molar-refractivity contribution < 1.29 is 19.1 Å². The highest BCUT2D eigenvalue weighted by Gasteiger charge is 2.17. The predicted molar refractivity (Wildman–Crippen MR) is 117 cm³/mol. The smallest absolute Gasteiger partial charge is 0.408 e. The molecule has 0 saturated carbocycles. The number of alkyl carbamates (subject to hydrolysis) is 1. The van der Waals surface area contributed by atoms with Crippen molar-refractivity contribution in [2.75, 3.05) is 17.2 Å². The number of ether oxygens (including phenoxy) is 1. The molecule has 0 spiro atoms. The van der Waals surface area contributed by atoms with Crippen molar-refractivity contribution in [1.82, 2.24) is 5.32 Å². The predicted octanol–water partition coefficient (Wildman–Crippen LogP) is 4.03. The molecular weight excluding hydrogens is 382 g/mol. The monoisotopic (exact) mass is 411 g/mol. The van der Waals surface area contributed by atoms with Gasteiger partial charge < -0.3 is 20.7 Å². The third-order valence-corrected chi connectivity index (χ3v) is 4.03. The van der Waals surface area contributed by atoms with Crippen molar-refractivity contribution in [3.8, 4) is 0 Å². The minimum absolute atomic E-state index is 0.149. The van der Waals surface area contributed by atoms with Gasteiger partial charge in [0, 0.05) is 6.42 Å². The van der Waals surface area contributed by atoms with Crippen molar-refractivity contribution in [2.24, 2.45) is 0 Å². The van der Waals surface area contributed by atoms with Crippen LogP contribution in [0.3, 0.4) is 0 Å². The summed E-state index contributed by atoms with van der Waals surface area (Å²) in [6.45, 7) is 6.99. The molecule has 0 radical (unpaired) electrons. The van der Waals surface area contributed by atoms with Crippen LogP contribution in [0, 0.1) is 6.92 Å². The summed E-state index contributed by atoms with van der Waals surface area (Å²) in [5.74, 6) is -0.577. The minimum Gasteiger partial charge on any atom is -0.444 e. The minimum atomic E-state index is -0.671. The Labute approximate surface area is 177 Å². The number of rotatable bonds is 7. The molecule has 3 N–H and O–H groups in total. The van der Waals surface area contributed by atoms with Gasteiger partial charge in [0.1, 0.15) is 12.1 Å². The number of aryl methyl sites for hydroxylation is 2. The third-order valence-electron chi connectivity index (χ3n) is 4.03. The summed E-state index contributed by atoms with van der Waals surface area (Å²) in [4.78, 5) is 36.2. The highest BCUT2D eigenvalue weighted by Crippen LogP contribution is 2.21. The first-order valence-corrected chi connectivity index (χ1v) is 9.83. The van der Waals surface area contributed by atoms with Crippen LogP contribution in [0.4, 0.5) is 16.2 Å². The second kappa shape index (κ2) is 10.4. The van der Waals surface area contributed by atoms with E-state index < -0.39 is 17.6 Å². The molecule has 7 nitrogen and oxygen atoms in total. The van der Waals surface area contributed by atoms with E-state index in [-0.39, 0.29) is 12.5 Å². The molecule has 0 aliphatic carbocycles. The second-order valence-corrected chi connectivity index (χ2v) is 7.98. The maximum atomic E-state index is 12.3. The molecule has 2 rings (SSSR count). The molecule has 0 fully saturated rings. The van der Waals surface area contributed by atoms with Gasteiger partial charge in [0.05, 0.1) is 11.4 Å². The normalized spacial score (nSPS) is 10.8. The van der Waals surface area contributed by atoms with Crippen LogP contribution in [0.5, 0.6) is 0 Å². The first-order valence-electron chi connectivity index (χ1n) is 9.83. The summed E-state index contributed by atoms with van der Waals surface area (Å²) in [6, 6.07) is 15.0. The van der Waals surface area contributed by atoms with E-state index in [4.69, 9.17) is 4.74 Å². The average molecular weight is 412 g/mol. The van der Waals surface area contributed by atoms with Gasteiger partial charge in [0.2, 0.25) is 11.8 Å². The van der Waals surface area contributed by atoms with Gasteiger partial charge in [-0.2, -0.15) is 0 Å². The number of amides is 3. The molecule has 0 aromatic heterocycles. The molecule has 0 bridgehead atoms. The van der Waals surface area contributed by atoms with Crippen molar-refractivity contribution in [2.45, 2.75) is 46.1 Å². The number of anilines is 2. The van der Waals surface area contributed by atoms with Gasteiger partial charge in [-0.3, -0.25) is 9.59 Å². The largest absolute Gasteiger partial charge is 0.444 e. The quantitative estimate of drug-likeness (QED) is 0.641. The van der Waals surface area contributed by atoms with E-state index in [1.807, 2.05) is 31.2 Å². The lowest BCUT2D eigenvalue weighted by Crippen LogP contribution is -2.37. The van der Waals surface area contributed by atoms with Crippen molar-refractivity contribution >= 4 is 29.3 Å². The topological polar surface area (TPSA) is 96.5 Å². The lowest BCUT2D eigenvalue weighted by Gasteiger charge is -2.19. The Morgan fingerprint density at radius 3 is 2.00 bits per heavy atom. The molecule has 0 heterocycles. The lowest BCUT2D eigenvalue weighted by atomic mass is 10.1. The Morgan fingerprint density at radius 1 is 0.867 bits per heavy atom. The van der Waals surface area contributed by atoms with E-state index in [0.29, 0.717) is 24.2 Å². The zero-order valence-electron chi connectivity index (χ0n) is 17.9. The van der Waals surface area contributed by atoms with Gasteiger partial charge >= 0.3 is 6.09 Å². The number of carbonyl (C=O) groups excluding carboxylic acids is 3. The number of para-hydroxylation sites is 2. The van der Waals surface area contributed by atoms with Crippen molar-refractivity contribution in [3.05, 3.63) is 59.7 Å². The Kier molecular flexibility index (Phi) is 7.98. The fourth-order valence-corrected chi connectivity index (χ4v) is 2.59. The summed E-state index contributed by atoms with van der Waals surface area (Å²) in [5, 5.41) is 7.92. The Balaban J connectivity index is 1.87. The molecule has 0 saturated heterocycles. The molecule has 0 aliphatic rings. The van der Waals surface area contributed by atoms with Crippen LogP contribution in [-0.2, 0) is 20.7 Å². The van der Waals surface area contributed by atoms with E-state index in [1.54, 1.807) is 45.0 Å². The molecule has 30 heavy (non-hydrogen) atoms. The molecule has 7 heteroatoms. The molecular formula is C23H29N3O4. The standard InChI is InChI=1S/C23H29N3O4/c1-16-9-11-17(12-10-16)13-14-20(27)25-18-7-5-6-8-19(18)26-21(28)15-24-22(29)30-23(2,3)4/h5-12H,13-15H2,1-4H3,(H,24,29)(H,25,27)(H,26,28). The SMILES string of the molecule is Cc1ccc(CCC(=O)Nc2ccccc2NC(=O)CNC(=O)OC(C)(C)C)cc1. The third kappa shape index (κ3) is 8.34. The first-order chi connectivity index (χ1) is 14.1. The zero-order valence-corrected chi connectivity index (χ0v) is 17.9. The second-order valence-electron chi connectivity index (χ2n) is 7.98. The van der Waals surface area contributed by atoms with Gasteiger partial charge in [0.25, 0.3) is 0 Å². The van der Waals surface area contributed by atoms with Crippen molar-refractivity contribution in [1.29, 1.82) is 0 Å². The number of nitrogens with one attached hydrogen (secondary N) is 3. The van der Waals surface area contributed by atoms with E-state index in [9.17, 15) is 14.4 Å². The molecule has 0 aliphatic heterocycles. The van der Waals surface area contributed by atoms with Gasteiger partial charge in [-0.15, -0.1) is 0 Å². The molecule has 3 amide bonds. The van der Waals surface area contributed by atoms with Crippen LogP contribution in [0.1, 0.15) is 38.3 Å². The fourth-order valence-electron chi connectivity index (χ4n) is 2.59. The van der Waals surface area contributed by atoms with Gasteiger partial charge in [-0.1, -0.05) is 42.0 Å². The van der Waals surface area contributed by atoms with Crippen LogP contribution in [-0.4, -0.2) is 30.1 Å². The van der Waals surface area contributed by atoms with Crippen LogP contribution in [0.15, 0.2) is 48.5 Å². The average Bonchev–Trinajstić information content (AvgIpc) is 2.66. The number of hydrogen-bond acceptors (Lipinski definition) is 4. The Hall–Kier alpha value is -3.35. The summed E-state index contributed by atoms with van der Waals surface area (Å²) in [6.07, 6.45) is 0.279. The first kappa shape index (κ1) is 22.9. The zero-order chi connectivity index (χ0) is 22.1. The Morgan fingerprint density at radius 2 is 1.43 bits per heavy atom. The molecule has 0 atom stereocenters. The molecule has 2 aromatic rings. The summed E-state index contributed by atoms with van der Waals surface area (Å²) < 4.78 is 5.10. The van der Waals surface area contributed by atoms with Gasteiger partial charge in [0.15, 0.2) is 0 Å².